The second-order valence-electron chi connectivity index (χ2n) is 4.54. The Kier molecular flexibility index (Phi) is 7.89. The molecule has 1 aromatic carbocycles. The van der Waals surface area contributed by atoms with E-state index >= 15 is 0 Å². The van der Waals surface area contributed by atoms with Crippen LogP contribution >= 0.6 is 0 Å². The minimum absolute atomic E-state index is 0.264. The zero-order valence-corrected chi connectivity index (χ0v) is 12.0. The number of hydrogen-bond acceptors (Lipinski definition) is 2. The number of hydrogen-bond donors (Lipinski definition) is 0. The fraction of sp³-hybridized carbons (Fsp3) is 0.353. The predicted molar refractivity (Wildman–Crippen MR) is 82.4 cm³/mol. The van der Waals surface area contributed by atoms with Crippen LogP contribution in [-0.4, -0.2) is 24.1 Å². The van der Waals surface area contributed by atoms with E-state index in [1.54, 1.807) is 4.90 Å². The van der Waals surface area contributed by atoms with Gasteiger partial charge in [-0.15, -0.1) is 13.2 Å². The molecule has 3 nitrogen and oxygen atoms in total. The number of benzene rings is 1. The van der Waals surface area contributed by atoms with Gasteiger partial charge in [-0.25, -0.2) is 4.79 Å². The molecule has 108 valence electrons. The maximum absolute atomic E-state index is 12.1. The van der Waals surface area contributed by atoms with Crippen molar-refractivity contribution in [2.75, 3.05) is 13.1 Å². The number of carbonyl (C=O) groups excluding carboxylic acids is 1. The van der Waals surface area contributed by atoms with Gasteiger partial charge in [0.2, 0.25) is 0 Å². The van der Waals surface area contributed by atoms with E-state index in [-0.39, 0.29) is 6.09 Å². The first kappa shape index (κ1) is 16.0. The number of unbranched alkanes of at least 4 members (excludes halogenated alkanes) is 1. The number of allylic oxidation sites excluding steroid dienone is 1. The maximum Gasteiger partial charge on any atom is 0.410 e. The van der Waals surface area contributed by atoms with Crippen molar-refractivity contribution in [3.63, 3.8) is 0 Å². The van der Waals surface area contributed by atoms with Crippen LogP contribution in [0.25, 0.3) is 0 Å². The summed E-state index contributed by atoms with van der Waals surface area (Å²) in [5.41, 5.74) is 0.996. The first-order chi connectivity index (χ1) is 9.77. The van der Waals surface area contributed by atoms with E-state index in [0.29, 0.717) is 19.7 Å². The fourth-order valence-corrected chi connectivity index (χ4v) is 1.78. The monoisotopic (exact) mass is 273 g/mol. The van der Waals surface area contributed by atoms with E-state index in [9.17, 15) is 4.79 Å². The fourth-order valence-electron chi connectivity index (χ4n) is 1.78. The van der Waals surface area contributed by atoms with Crippen molar-refractivity contribution in [2.24, 2.45) is 0 Å². The topological polar surface area (TPSA) is 29.5 Å². The SMILES string of the molecule is C=CCCCN(CCC=C)C(=O)OCc1ccccc1. The third-order valence-electron chi connectivity index (χ3n) is 2.90. The van der Waals surface area contributed by atoms with Gasteiger partial charge < -0.3 is 9.64 Å². The van der Waals surface area contributed by atoms with Crippen LogP contribution in [0.2, 0.25) is 0 Å². The molecule has 0 bridgehead atoms. The zero-order valence-electron chi connectivity index (χ0n) is 12.0. The van der Waals surface area contributed by atoms with Crippen molar-refractivity contribution in [3.05, 3.63) is 61.2 Å². The van der Waals surface area contributed by atoms with E-state index in [4.69, 9.17) is 4.74 Å². The smallest absolute Gasteiger partial charge is 0.410 e. The highest BCUT2D eigenvalue weighted by atomic mass is 16.6. The lowest BCUT2D eigenvalue weighted by Gasteiger charge is -2.21. The van der Waals surface area contributed by atoms with Crippen molar-refractivity contribution in [2.45, 2.75) is 25.9 Å². The Bertz CT molecular complexity index is 414. The molecule has 0 aliphatic heterocycles. The van der Waals surface area contributed by atoms with Crippen LogP contribution < -0.4 is 0 Å². The van der Waals surface area contributed by atoms with E-state index in [1.807, 2.05) is 42.5 Å². The summed E-state index contributed by atoms with van der Waals surface area (Å²) in [5, 5.41) is 0. The lowest BCUT2D eigenvalue weighted by atomic mass is 10.2. The van der Waals surface area contributed by atoms with Crippen LogP contribution in [0.3, 0.4) is 0 Å². The minimum Gasteiger partial charge on any atom is -0.445 e. The minimum atomic E-state index is -0.264. The van der Waals surface area contributed by atoms with E-state index in [2.05, 4.69) is 13.2 Å². The Balaban J connectivity index is 2.44. The molecule has 0 radical (unpaired) electrons. The standard InChI is InChI=1S/C17H23NO2/c1-3-5-10-14-18(13-6-4-2)17(19)20-15-16-11-8-7-9-12-16/h3-4,7-9,11-12H,1-2,5-6,10,13-15H2. The Labute approximate surface area is 121 Å². The summed E-state index contributed by atoms with van der Waals surface area (Å²) < 4.78 is 5.34. The van der Waals surface area contributed by atoms with Crippen molar-refractivity contribution in [1.29, 1.82) is 0 Å². The van der Waals surface area contributed by atoms with Crippen LogP contribution in [0.4, 0.5) is 4.79 Å². The maximum atomic E-state index is 12.1. The highest BCUT2D eigenvalue weighted by Crippen LogP contribution is 2.05. The van der Waals surface area contributed by atoms with Crippen molar-refractivity contribution >= 4 is 6.09 Å². The molecular formula is C17H23NO2. The number of rotatable bonds is 9. The third-order valence-corrected chi connectivity index (χ3v) is 2.90. The molecule has 0 aliphatic rings. The van der Waals surface area contributed by atoms with Crippen LogP contribution in [-0.2, 0) is 11.3 Å². The van der Waals surface area contributed by atoms with Gasteiger partial charge in [-0.3, -0.25) is 0 Å². The largest absolute Gasteiger partial charge is 0.445 e. The molecule has 1 amide bonds. The second-order valence-corrected chi connectivity index (χ2v) is 4.54. The summed E-state index contributed by atoms with van der Waals surface area (Å²) in [5.74, 6) is 0. The molecule has 0 aliphatic carbocycles. The van der Waals surface area contributed by atoms with Gasteiger partial charge in [0.1, 0.15) is 6.61 Å². The number of carbonyl (C=O) groups is 1. The van der Waals surface area contributed by atoms with Crippen LogP contribution in [0.5, 0.6) is 0 Å². The lowest BCUT2D eigenvalue weighted by molar-refractivity contribution is 0.0964. The zero-order chi connectivity index (χ0) is 14.6. The molecular weight excluding hydrogens is 250 g/mol. The third kappa shape index (κ3) is 6.23. The molecule has 0 saturated carbocycles. The van der Waals surface area contributed by atoms with Gasteiger partial charge in [0.25, 0.3) is 0 Å². The summed E-state index contributed by atoms with van der Waals surface area (Å²) in [6.07, 6.45) is 5.98. The molecule has 0 spiro atoms. The first-order valence-corrected chi connectivity index (χ1v) is 6.95. The van der Waals surface area contributed by atoms with E-state index in [1.165, 1.54) is 0 Å². The molecule has 3 heteroatoms. The summed E-state index contributed by atoms with van der Waals surface area (Å²) >= 11 is 0. The van der Waals surface area contributed by atoms with Gasteiger partial charge in [-0.2, -0.15) is 0 Å². The molecule has 0 saturated heterocycles. The molecule has 0 atom stereocenters. The average molecular weight is 273 g/mol. The lowest BCUT2D eigenvalue weighted by Crippen LogP contribution is -2.33. The molecule has 0 heterocycles. The highest BCUT2D eigenvalue weighted by Gasteiger charge is 2.13. The predicted octanol–water partition coefficient (Wildman–Crippen LogP) is 4.17. The van der Waals surface area contributed by atoms with Gasteiger partial charge in [-0.1, -0.05) is 42.5 Å². The summed E-state index contributed by atoms with van der Waals surface area (Å²) in [6, 6.07) is 9.70. The molecule has 0 fully saturated rings. The number of amides is 1. The van der Waals surface area contributed by atoms with Gasteiger partial charge in [0.05, 0.1) is 0 Å². The van der Waals surface area contributed by atoms with E-state index < -0.39 is 0 Å². The van der Waals surface area contributed by atoms with Crippen LogP contribution in [0, 0.1) is 0 Å². The van der Waals surface area contributed by atoms with E-state index in [0.717, 1.165) is 24.8 Å². The summed E-state index contributed by atoms with van der Waals surface area (Å²) in [4.78, 5) is 13.8. The first-order valence-electron chi connectivity index (χ1n) is 6.95. The van der Waals surface area contributed by atoms with Gasteiger partial charge in [0.15, 0.2) is 0 Å². The Morgan fingerprint density at radius 3 is 2.45 bits per heavy atom. The van der Waals surface area contributed by atoms with Crippen molar-refractivity contribution in [3.8, 4) is 0 Å². The number of nitrogens with zero attached hydrogens (tertiary/aromatic N) is 1. The second kappa shape index (κ2) is 9.84. The van der Waals surface area contributed by atoms with Crippen molar-refractivity contribution < 1.29 is 9.53 Å². The Hall–Kier alpha value is -2.03. The normalized spacial score (nSPS) is 9.80. The van der Waals surface area contributed by atoms with Crippen LogP contribution in [0.1, 0.15) is 24.8 Å². The highest BCUT2D eigenvalue weighted by molar-refractivity contribution is 5.67. The van der Waals surface area contributed by atoms with Crippen LogP contribution in [0.15, 0.2) is 55.6 Å². The molecule has 0 N–H and O–H groups in total. The molecule has 1 aromatic rings. The van der Waals surface area contributed by atoms with Crippen molar-refractivity contribution in [1.82, 2.24) is 4.90 Å². The molecule has 0 unspecified atom stereocenters. The van der Waals surface area contributed by atoms with Gasteiger partial charge >= 0.3 is 6.09 Å². The number of ether oxygens (including phenoxy) is 1. The molecule has 1 rings (SSSR count). The van der Waals surface area contributed by atoms with Gasteiger partial charge in [-0.05, 0) is 24.8 Å². The summed E-state index contributed by atoms with van der Waals surface area (Å²) in [7, 11) is 0. The summed E-state index contributed by atoms with van der Waals surface area (Å²) in [6.45, 7) is 9.02. The Morgan fingerprint density at radius 1 is 1.10 bits per heavy atom. The van der Waals surface area contributed by atoms with Gasteiger partial charge in [0, 0.05) is 13.1 Å². The Morgan fingerprint density at radius 2 is 1.80 bits per heavy atom. The average Bonchev–Trinajstić information content (AvgIpc) is 2.49. The molecule has 0 aromatic heterocycles. The molecule has 20 heavy (non-hydrogen) atoms. The quantitative estimate of drug-likeness (QED) is 0.499.